The molecule has 5 nitrogen and oxygen atoms in total. The number of benzene rings is 1. The van der Waals surface area contributed by atoms with Gasteiger partial charge in [0.1, 0.15) is 6.04 Å². The van der Waals surface area contributed by atoms with Gasteiger partial charge < -0.3 is 16.0 Å². The van der Waals surface area contributed by atoms with Gasteiger partial charge in [-0.1, -0.05) is 37.6 Å². The molecule has 1 aromatic carbocycles. The molecule has 0 bridgehead atoms. The summed E-state index contributed by atoms with van der Waals surface area (Å²) >= 11 is 5.99. The highest BCUT2D eigenvalue weighted by atomic mass is 35.5. The van der Waals surface area contributed by atoms with Gasteiger partial charge in [0.05, 0.1) is 10.6 Å². The topological polar surface area (TPSA) is 70.2 Å². The van der Waals surface area contributed by atoms with Crippen LogP contribution >= 0.6 is 24.0 Å². The molecule has 0 saturated carbocycles. The SMILES string of the molecule is CNCCNC(=O)C(NC(=O)c1ccccc1Cl)C(C)C.Cl. The first-order valence-electron chi connectivity index (χ1n) is 6.95. The second-order valence-electron chi connectivity index (χ2n) is 5.07. The fraction of sp³-hybridized carbons (Fsp3) is 0.467. The Morgan fingerprint density at radius 3 is 2.36 bits per heavy atom. The normalized spacial score (nSPS) is 11.5. The van der Waals surface area contributed by atoms with Crippen LogP contribution in [0.2, 0.25) is 5.02 Å². The monoisotopic (exact) mass is 347 g/mol. The van der Waals surface area contributed by atoms with Crippen molar-refractivity contribution in [2.24, 2.45) is 5.92 Å². The van der Waals surface area contributed by atoms with Crippen molar-refractivity contribution in [3.8, 4) is 0 Å². The highest BCUT2D eigenvalue weighted by Crippen LogP contribution is 2.15. The van der Waals surface area contributed by atoms with Gasteiger partial charge in [0.2, 0.25) is 5.91 Å². The molecular weight excluding hydrogens is 325 g/mol. The molecule has 124 valence electrons. The quantitative estimate of drug-likeness (QED) is 0.659. The smallest absolute Gasteiger partial charge is 0.253 e. The number of amides is 2. The summed E-state index contributed by atoms with van der Waals surface area (Å²) in [6, 6.07) is 6.18. The summed E-state index contributed by atoms with van der Waals surface area (Å²) in [5.74, 6) is -0.560. The molecule has 1 aromatic rings. The lowest BCUT2D eigenvalue weighted by atomic mass is 10.0. The van der Waals surface area contributed by atoms with E-state index in [9.17, 15) is 9.59 Å². The lowest BCUT2D eigenvalue weighted by Crippen LogP contribution is -2.50. The Hall–Kier alpha value is -1.30. The fourth-order valence-electron chi connectivity index (χ4n) is 1.82. The van der Waals surface area contributed by atoms with Crippen LogP contribution in [0.4, 0.5) is 0 Å². The van der Waals surface area contributed by atoms with E-state index in [1.165, 1.54) is 0 Å². The zero-order valence-corrected chi connectivity index (χ0v) is 14.6. The molecule has 1 rings (SSSR count). The third-order valence-electron chi connectivity index (χ3n) is 3.03. The number of carbonyl (C=O) groups excluding carboxylic acids is 2. The Balaban J connectivity index is 0.00000441. The third kappa shape index (κ3) is 6.22. The Morgan fingerprint density at radius 2 is 1.82 bits per heavy atom. The van der Waals surface area contributed by atoms with Gasteiger partial charge in [0, 0.05) is 13.1 Å². The summed E-state index contributed by atoms with van der Waals surface area (Å²) < 4.78 is 0. The molecule has 0 aliphatic carbocycles. The van der Waals surface area contributed by atoms with E-state index in [0.29, 0.717) is 23.7 Å². The van der Waals surface area contributed by atoms with Crippen molar-refractivity contribution in [3.63, 3.8) is 0 Å². The predicted octanol–water partition coefficient (Wildman–Crippen LogP) is 1.85. The summed E-state index contributed by atoms with van der Waals surface area (Å²) in [4.78, 5) is 24.4. The van der Waals surface area contributed by atoms with E-state index in [4.69, 9.17) is 11.6 Å². The number of hydrogen-bond acceptors (Lipinski definition) is 3. The molecule has 1 atom stereocenters. The predicted molar refractivity (Wildman–Crippen MR) is 91.7 cm³/mol. The standard InChI is InChI=1S/C15H22ClN3O2.ClH/c1-10(2)13(15(21)18-9-8-17-3)19-14(20)11-6-4-5-7-12(11)16;/h4-7,10,13,17H,8-9H2,1-3H3,(H,18,21)(H,19,20);1H. The summed E-state index contributed by atoms with van der Waals surface area (Å²) in [6.45, 7) is 4.96. The van der Waals surface area contributed by atoms with Gasteiger partial charge in [-0.15, -0.1) is 12.4 Å². The zero-order valence-electron chi connectivity index (χ0n) is 13.0. The zero-order chi connectivity index (χ0) is 15.8. The van der Waals surface area contributed by atoms with Crippen LogP contribution in [-0.4, -0.2) is 38.0 Å². The van der Waals surface area contributed by atoms with Crippen LogP contribution in [0, 0.1) is 5.92 Å². The van der Waals surface area contributed by atoms with Crippen LogP contribution < -0.4 is 16.0 Å². The Labute approximate surface area is 142 Å². The van der Waals surface area contributed by atoms with Crippen molar-refractivity contribution < 1.29 is 9.59 Å². The van der Waals surface area contributed by atoms with Gasteiger partial charge in [0.15, 0.2) is 0 Å². The molecule has 0 fully saturated rings. The minimum atomic E-state index is -0.592. The molecule has 0 aliphatic heterocycles. The molecule has 0 radical (unpaired) electrons. The molecule has 7 heteroatoms. The lowest BCUT2D eigenvalue weighted by Gasteiger charge is -2.22. The van der Waals surface area contributed by atoms with Gasteiger partial charge in [-0.2, -0.15) is 0 Å². The van der Waals surface area contributed by atoms with E-state index >= 15 is 0 Å². The Kier molecular flexibility index (Phi) is 9.81. The number of likely N-dealkylation sites (N-methyl/N-ethyl adjacent to an activating group) is 1. The molecule has 1 unspecified atom stereocenters. The van der Waals surface area contributed by atoms with E-state index in [1.54, 1.807) is 24.3 Å². The first kappa shape index (κ1) is 20.7. The first-order valence-corrected chi connectivity index (χ1v) is 7.33. The summed E-state index contributed by atoms with van der Waals surface area (Å²) in [5.41, 5.74) is 0.368. The van der Waals surface area contributed by atoms with Gasteiger partial charge in [-0.25, -0.2) is 0 Å². The number of hydrogen-bond donors (Lipinski definition) is 3. The van der Waals surface area contributed by atoms with E-state index in [0.717, 1.165) is 0 Å². The van der Waals surface area contributed by atoms with Crippen LogP contribution in [0.25, 0.3) is 0 Å². The average Bonchev–Trinajstić information content (AvgIpc) is 2.44. The largest absolute Gasteiger partial charge is 0.353 e. The minimum absolute atomic E-state index is 0. The lowest BCUT2D eigenvalue weighted by molar-refractivity contribution is -0.123. The van der Waals surface area contributed by atoms with Crippen molar-refractivity contribution in [2.75, 3.05) is 20.1 Å². The van der Waals surface area contributed by atoms with Crippen molar-refractivity contribution in [3.05, 3.63) is 34.9 Å². The molecular formula is C15H23Cl2N3O2. The summed E-state index contributed by atoms with van der Waals surface area (Å²) in [6.07, 6.45) is 0. The molecule has 0 heterocycles. The third-order valence-corrected chi connectivity index (χ3v) is 3.36. The van der Waals surface area contributed by atoms with E-state index in [2.05, 4.69) is 16.0 Å². The molecule has 0 spiro atoms. The molecule has 3 N–H and O–H groups in total. The van der Waals surface area contributed by atoms with Crippen LogP contribution in [0.5, 0.6) is 0 Å². The minimum Gasteiger partial charge on any atom is -0.353 e. The van der Waals surface area contributed by atoms with Gasteiger partial charge in [0.25, 0.3) is 5.91 Å². The van der Waals surface area contributed by atoms with Crippen LogP contribution in [0.3, 0.4) is 0 Å². The molecule has 0 aromatic heterocycles. The van der Waals surface area contributed by atoms with E-state index in [1.807, 2.05) is 20.9 Å². The van der Waals surface area contributed by atoms with Crippen molar-refractivity contribution >= 4 is 35.8 Å². The molecule has 2 amide bonds. The Morgan fingerprint density at radius 1 is 1.18 bits per heavy atom. The maximum atomic E-state index is 12.2. The van der Waals surface area contributed by atoms with E-state index < -0.39 is 6.04 Å². The summed E-state index contributed by atoms with van der Waals surface area (Å²) in [5, 5.41) is 8.85. The fourth-order valence-corrected chi connectivity index (χ4v) is 2.04. The summed E-state index contributed by atoms with van der Waals surface area (Å²) in [7, 11) is 1.81. The van der Waals surface area contributed by atoms with Crippen LogP contribution in [0.15, 0.2) is 24.3 Å². The maximum Gasteiger partial charge on any atom is 0.253 e. The first-order chi connectivity index (χ1) is 9.97. The number of carbonyl (C=O) groups is 2. The second-order valence-corrected chi connectivity index (χ2v) is 5.48. The van der Waals surface area contributed by atoms with Crippen LogP contribution in [0.1, 0.15) is 24.2 Å². The van der Waals surface area contributed by atoms with Gasteiger partial charge >= 0.3 is 0 Å². The van der Waals surface area contributed by atoms with Gasteiger partial charge in [-0.3, -0.25) is 9.59 Å². The van der Waals surface area contributed by atoms with E-state index in [-0.39, 0.29) is 30.1 Å². The molecule has 22 heavy (non-hydrogen) atoms. The highest BCUT2D eigenvalue weighted by molar-refractivity contribution is 6.33. The second kappa shape index (κ2) is 10.4. The molecule has 0 aliphatic rings. The number of rotatable bonds is 7. The van der Waals surface area contributed by atoms with Crippen molar-refractivity contribution in [2.45, 2.75) is 19.9 Å². The maximum absolute atomic E-state index is 12.2. The Bertz CT molecular complexity index is 495. The highest BCUT2D eigenvalue weighted by Gasteiger charge is 2.24. The van der Waals surface area contributed by atoms with Crippen molar-refractivity contribution in [1.82, 2.24) is 16.0 Å². The molecule has 0 saturated heterocycles. The number of halogens is 2. The number of nitrogens with one attached hydrogen (secondary N) is 3. The van der Waals surface area contributed by atoms with Crippen LogP contribution in [-0.2, 0) is 4.79 Å². The van der Waals surface area contributed by atoms with Crippen molar-refractivity contribution in [1.29, 1.82) is 0 Å². The van der Waals surface area contributed by atoms with Gasteiger partial charge in [-0.05, 0) is 25.1 Å². The average molecular weight is 348 g/mol.